The van der Waals surface area contributed by atoms with Crippen LogP contribution in [0.3, 0.4) is 0 Å². The number of aliphatic hydroxyl groups excluding tert-OH is 1. The van der Waals surface area contributed by atoms with Crippen LogP contribution in [0.5, 0.6) is 5.75 Å². The lowest BCUT2D eigenvalue weighted by atomic mass is 9.80. The molecule has 2 aromatic rings. The Bertz CT molecular complexity index is 927. The van der Waals surface area contributed by atoms with E-state index in [1.165, 1.54) is 21.1 Å². The molecule has 1 amide bonds. The Kier molecular flexibility index (Phi) is 7.77. The summed E-state index contributed by atoms with van der Waals surface area (Å²) in [5, 5.41) is 10.5. The summed E-state index contributed by atoms with van der Waals surface area (Å²) in [4.78, 5) is 39.0. The molecule has 1 atom stereocenters. The highest BCUT2D eigenvalue weighted by molar-refractivity contribution is 6.09. The second-order valence-electron chi connectivity index (χ2n) is 7.00. The van der Waals surface area contributed by atoms with Crippen LogP contribution in [0.25, 0.3) is 10.8 Å². The number of nitrogens with zero attached hydrogens (tertiary/aromatic N) is 1. The van der Waals surface area contributed by atoms with Gasteiger partial charge in [-0.3, -0.25) is 14.4 Å². The summed E-state index contributed by atoms with van der Waals surface area (Å²) in [5.74, 6) is -1.26. The molecule has 2 aromatic carbocycles. The predicted molar refractivity (Wildman–Crippen MR) is 110 cm³/mol. The number of methoxy groups -OCH3 is 2. The molecule has 0 unspecified atom stereocenters. The first-order chi connectivity index (χ1) is 14.3. The van der Waals surface area contributed by atoms with Gasteiger partial charge in [0.25, 0.3) is 0 Å². The molecule has 0 aliphatic carbocycles. The van der Waals surface area contributed by atoms with E-state index in [0.29, 0.717) is 17.7 Å². The summed E-state index contributed by atoms with van der Waals surface area (Å²) in [6.45, 7) is 1.09. The fraction of sp³-hybridized carbons (Fsp3) is 0.409. The molecule has 0 saturated heterocycles. The number of hydrogen-bond donors (Lipinski definition) is 1. The van der Waals surface area contributed by atoms with E-state index in [-0.39, 0.29) is 19.8 Å². The van der Waals surface area contributed by atoms with Crippen LogP contribution < -0.4 is 4.74 Å². The highest BCUT2D eigenvalue weighted by Crippen LogP contribution is 2.31. The first-order valence-electron chi connectivity index (χ1n) is 9.46. The average Bonchev–Trinajstić information content (AvgIpc) is 2.76. The number of carbonyl (C=O) groups is 3. The monoisotopic (exact) mass is 417 g/mol. The van der Waals surface area contributed by atoms with Gasteiger partial charge in [-0.1, -0.05) is 18.2 Å². The Labute approximate surface area is 175 Å². The van der Waals surface area contributed by atoms with Gasteiger partial charge in [0.15, 0.2) is 5.41 Å². The third kappa shape index (κ3) is 4.88. The zero-order chi connectivity index (χ0) is 22.3. The van der Waals surface area contributed by atoms with E-state index in [9.17, 15) is 14.4 Å². The third-order valence-electron chi connectivity index (χ3n) is 4.92. The maximum absolute atomic E-state index is 13.2. The summed E-state index contributed by atoms with van der Waals surface area (Å²) in [6.07, 6.45) is 0.311. The maximum atomic E-state index is 13.2. The van der Waals surface area contributed by atoms with Crippen LogP contribution in [0.4, 0.5) is 0 Å². The smallest absolute Gasteiger partial charge is 0.325 e. The zero-order valence-corrected chi connectivity index (χ0v) is 17.6. The molecule has 1 N–H and O–H groups in total. The van der Waals surface area contributed by atoms with Gasteiger partial charge in [0.2, 0.25) is 5.91 Å². The van der Waals surface area contributed by atoms with E-state index in [2.05, 4.69) is 0 Å². The van der Waals surface area contributed by atoms with Gasteiger partial charge >= 0.3 is 11.9 Å². The second kappa shape index (κ2) is 10.1. The third-order valence-corrected chi connectivity index (χ3v) is 4.92. The van der Waals surface area contributed by atoms with Crippen molar-refractivity contribution in [3.63, 3.8) is 0 Å². The SMILES string of the molecule is COC(=O)[C@](C)(C(=O)N(C)CC(=O)OCCCO)c1ccc2cc(OC)ccc2c1. The minimum absolute atomic E-state index is 0.0553. The van der Waals surface area contributed by atoms with Crippen molar-refractivity contribution in [3.05, 3.63) is 42.0 Å². The van der Waals surface area contributed by atoms with Gasteiger partial charge in [0, 0.05) is 20.1 Å². The van der Waals surface area contributed by atoms with E-state index in [1.807, 2.05) is 12.1 Å². The minimum atomic E-state index is -1.65. The molecule has 0 saturated carbocycles. The van der Waals surface area contributed by atoms with E-state index >= 15 is 0 Å². The number of carbonyl (C=O) groups excluding carboxylic acids is 3. The summed E-state index contributed by atoms with van der Waals surface area (Å²) in [6, 6.07) is 10.7. The number of rotatable bonds is 9. The van der Waals surface area contributed by atoms with Crippen LogP contribution in [0.1, 0.15) is 18.9 Å². The normalized spacial score (nSPS) is 12.7. The van der Waals surface area contributed by atoms with Crippen LogP contribution in [-0.2, 0) is 29.3 Å². The van der Waals surface area contributed by atoms with Gasteiger partial charge < -0.3 is 24.2 Å². The van der Waals surface area contributed by atoms with Crippen molar-refractivity contribution in [3.8, 4) is 5.75 Å². The Morgan fingerprint density at radius 2 is 1.73 bits per heavy atom. The van der Waals surface area contributed by atoms with Crippen LogP contribution in [0.15, 0.2) is 36.4 Å². The first-order valence-corrected chi connectivity index (χ1v) is 9.46. The predicted octanol–water partition coefficient (Wildman–Crippen LogP) is 1.66. The minimum Gasteiger partial charge on any atom is -0.497 e. The molecule has 30 heavy (non-hydrogen) atoms. The van der Waals surface area contributed by atoms with Gasteiger partial charge in [0.1, 0.15) is 12.3 Å². The molecule has 0 aromatic heterocycles. The molecule has 2 rings (SSSR count). The number of amides is 1. The molecule has 0 aliphatic heterocycles. The van der Waals surface area contributed by atoms with Crippen molar-refractivity contribution in [2.24, 2.45) is 0 Å². The van der Waals surface area contributed by atoms with E-state index in [0.717, 1.165) is 15.7 Å². The van der Waals surface area contributed by atoms with E-state index in [4.69, 9.17) is 19.3 Å². The lowest BCUT2D eigenvalue weighted by molar-refractivity contribution is -0.158. The van der Waals surface area contributed by atoms with Crippen molar-refractivity contribution in [1.82, 2.24) is 4.90 Å². The van der Waals surface area contributed by atoms with Gasteiger partial charge in [-0.05, 0) is 41.5 Å². The van der Waals surface area contributed by atoms with Gasteiger partial charge in [-0.2, -0.15) is 0 Å². The van der Waals surface area contributed by atoms with Crippen LogP contribution in [0.2, 0.25) is 0 Å². The highest BCUT2D eigenvalue weighted by atomic mass is 16.5. The molecule has 0 fully saturated rings. The lowest BCUT2D eigenvalue weighted by Gasteiger charge is -2.30. The Hall–Kier alpha value is -3.13. The Morgan fingerprint density at radius 3 is 2.37 bits per heavy atom. The average molecular weight is 417 g/mol. The number of fused-ring (bicyclic) bond motifs is 1. The van der Waals surface area contributed by atoms with Crippen molar-refractivity contribution in [2.45, 2.75) is 18.8 Å². The molecule has 0 bridgehead atoms. The Balaban J connectivity index is 2.34. The van der Waals surface area contributed by atoms with Gasteiger partial charge in [-0.25, -0.2) is 0 Å². The summed E-state index contributed by atoms with van der Waals surface area (Å²) < 4.78 is 15.1. The molecule has 8 heteroatoms. The largest absolute Gasteiger partial charge is 0.497 e. The summed E-state index contributed by atoms with van der Waals surface area (Å²) >= 11 is 0. The van der Waals surface area contributed by atoms with Crippen molar-refractivity contribution in [2.75, 3.05) is 41.0 Å². The Morgan fingerprint density at radius 1 is 1.07 bits per heavy atom. The number of benzene rings is 2. The van der Waals surface area contributed by atoms with Gasteiger partial charge in [0.05, 0.1) is 20.8 Å². The van der Waals surface area contributed by atoms with Gasteiger partial charge in [-0.15, -0.1) is 0 Å². The topological polar surface area (TPSA) is 102 Å². The number of aliphatic hydroxyl groups is 1. The van der Waals surface area contributed by atoms with Crippen LogP contribution >= 0.6 is 0 Å². The van der Waals surface area contributed by atoms with Crippen LogP contribution in [0, 0.1) is 0 Å². The van der Waals surface area contributed by atoms with Crippen molar-refractivity contribution in [1.29, 1.82) is 0 Å². The number of likely N-dealkylation sites (N-methyl/N-ethyl adjacent to an activating group) is 1. The molecule has 162 valence electrons. The molecule has 0 spiro atoms. The molecular weight excluding hydrogens is 390 g/mol. The number of hydrogen-bond acceptors (Lipinski definition) is 7. The quantitative estimate of drug-likeness (QED) is 0.376. The fourth-order valence-electron chi connectivity index (χ4n) is 3.14. The maximum Gasteiger partial charge on any atom is 0.325 e. The highest BCUT2D eigenvalue weighted by Gasteiger charge is 2.46. The second-order valence-corrected chi connectivity index (χ2v) is 7.00. The van der Waals surface area contributed by atoms with Crippen molar-refractivity contribution >= 4 is 28.6 Å². The van der Waals surface area contributed by atoms with E-state index < -0.39 is 23.3 Å². The van der Waals surface area contributed by atoms with E-state index in [1.54, 1.807) is 31.4 Å². The summed E-state index contributed by atoms with van der Waals surface area (Å²) in [7, 11) is 4.21. The molecular formula is C22H27NO7. The van der Waals surface area contributed by atoms with Crippen LogP contribution in [-0.4, -0.2) is 68.9 Å². The zero-order valence-electron chi connectivity index (χ0n) is 17.6. The number of ether oxygens (including phenoxy) is 3. The molecule has 0 heterocycles. The summed E-state index contributed by atoms with van der Waals surface area (Å²) in [5.41, 5.74) is -1.21. The molecule has 0 radical (unpaired) electrons. The van der Waals surface area contributed by atoms with Crippen molar-refractivity contribution < 1.29 is 33.7 Å². The lowest BCUT2D eigenvalue weighted by Crippen LogP contribution is -2.50. The fourth-order valence-corrected chi connectivity index (χ4v) is 3.14. The number of esters is 2. The standard InChI is InChI=1S/C22H27NO7/c1-22(21(27)29-4,20(26)23(2)14-19(25)30-11-5-10-24)17-8-6-16-13-18(28-3)9-7-15(16)12-17/h6-9,12-13,24H,5,10-11,14H2,1-4H3/t22-/m0/s1. The first kappa shape index (κ1) is 23.2. The molecule has 0 aliphatic rings. The molecule has 8 nitrogen and oxygen atoms in total.